The molecule has 1 unspecified atom stereocenters. The molecule has 1 saturated carbocycles. The summed E-state index contributed by atoms with van der Waals surface area (Å²) >= 11 is 0. The predicted molar refractivity (Wildman–Crippen MR) is 68.7 cm³/mol. The Morgan fingerprint density at radius 3 is 2.59 bits per heavy atom. The van der Waals surface area contributed by atoms with Gasteiger partial charge in [0.15, 0.2) is 0 Å². The second-order valence-corrected chi connectivity index (χ2v) is 5.69. The number of nitrogens with two attached hydrogens (primary N) is 1. The molecule has 1 heterocycles. The van der Waals surface area contributed by atoms with E-state index in [1.54, 1.807) is 0 Å². The summed E-state index contributed by atoms with van der Waals surface area (Å²) in [5.41, 5.74) is 5.64. The molecule has 0 radical (unpaired) electrons. The quantitative estimate of drug-likeness (QED) is 0.776. The molecule has 0 aromatic heterocycles. The maximum atomic E-state index is 12.5. The molecule has 2 fully saturated rings. The first-order chi connectivity index (χ1) is 8.07. The van der Waals surface area contributed by atoms with Crippen LogP contribution in [0.3, 0.4) is 0 Å². The normalized spacial score (nSPS) is 29.6. The number of likely N-dealkylation sites (N-methyl/N-ethyl adjacent to an activating group) is 1. The monoisotopic (exact) mass is 239 g/mol. The maximum absolute atomic E-state index is 12.5. The Morgan fingerprint density at radius 1 is 1.35 bits per heavy atom. The molecule has 0 aromatic rings. The van der Waals surface area contributed by atoms with Gasteiger partial charge >= 0.3 is 0 Å². The van der Waals surface area contributed by atoms with Gasteiger partial charge in [0.1, 0.15) is 0 Å². The van der Waals surface area contributed by atoms with Crippen LogP contribution in [0, 0.1) is 0 Å². The molecule has 4 heteroatoms. The second kappa shape index (κ2) is 4.94. The second-order valence-electron chi connectivity index (χ2n) is 5.69. The molecule has 0 aromatic carbocycles. The van der Waals surface area contributed by atoms with E-state index in [2.05, 4.69) is 23.8 Å². The zero-order chi connectivity index (χ0) is 12.5. The summed E-state index contributed by atoms with van der Waals surface area (Å²) in [5, 5.41) is 0. The fraction of sp³-hybridized carbons (Fsp3) is 0.923. The van der Waals surface area contributed by atoms with Crippen molar-refractivity contribution >= 4 is 5.91 Å². The highest BCUT2D eigenvalue weighted by atomic mass is 16.2. The van der Waals surface area contributed by atoms with Crippen LogP contribution in [-0.2, 0) is 4.79 Å². The van der Waals surface area contributed by atoms with Gasteiger partial charge in [-0.15, -0.1) is 0 Å². The Balaban J connectivity index is 2.08. The van der Waals surface area contributed by atoms with E-state index in [1.807, 2.05) is 0 Å². The Labute approximate surface area is 104 Å². The van der Waals surface area contributed by atoms with Crippen LogP contribution in [0.5, 0.6) is 0 Å². The maximum Gasteiger partial charge on any atom is 0.242 e. The van der Waals surface area contributed by atoms with Crippen molar-refractivity contribution in [1.82, 2.24) is 9.80 Å². The van der Waals surface area contributed by atoms with Crippen molar-refractivity contribution in [3.8, 4) is 0 Å². The number of hydrogen-bond acceptors (Lipinski definition) is 3. The lowest BCUT2D eigenvalue weighted by Crippen LogP contribution is -2.61. The molecule has 4 nitrogen and oxygen atoms in total. The summed E-state index contributed by atoms with van der Waals surface area (Å²) in [6, 6.07) is 0.344. The van der Waals surface area contributed by atoms with E-state index in [0.29, 0.717) is 6.04 Å². The molecule has 0 spiro atoms. The van der Waals surface area contributed by atoms with E-state index < -0.39 is 5.54 Å². The molecule has 1 aliphatic heterocycles. The predicted octanol–water partition coefficient (Wildman–Crippen LogP) is 0.811. The summed E-state index contributed by atoms with van der Waals surface area (Å²) in [7, 11) is 2.14. The van der Waals surface area contributed by atoms with Gasteiger partial charge < -0.3 is 15.5 Å². The van der Waals surface area contributed by atoms with Crippen LogP contribution >= 0.6 is 0 Å². The van der Waals surface area contributed by atoms with Gasteiger partial charge in [0.2, 0.25) is 5.91 Å². The third-order valence-corrected chi connectivity index (χ3v) is 4.31. The van der Waals surface area contributed by atoms with Gasteiger partial charge in [0.05, 0.1) is 5.54 Å². The third-order valence-electron chi connectivity index (χ3n) is 4.31. The minimum Gasteiger partial charge on any atom is -0.337 e. The van der Waals surface area contributed by atoms with E-state index in [1.165, 1.54) is 0 Å². The molecule has 1 saturated heterocycles. The first-order valence-corrected chi connectivity index (χ1v) is 6.85. The fourth-order valence-corrected chi connectivity index (χ4v) is 2.92. The van der Waals surface area contributed by atoms with Gasteiger partial charge in [-0.25, -0.2) is 0 Å². The van der Waals surface area contributed by atoms with E-state index in [0.717, 1.165) is 51.7 Å². The minimum atomic E-state index is -0.531. The molecule has 0 bridgehead atoms. The van der Waals surface area contributed by atoms with Crippen molar-refractivity contribution in [3.63, 3.8) is 0 Å². The molecule has 2 aliphatic rings. The highest BCUT2D eigenvalue weighted by Crippen LogP contribution is 2.32. The van der Waals surface area contributed by atoms with Crippen LogP contribution < -0.4 is 5.73 Å². The number of carbonyl (C=O) groups is 1. The molecule has 1 amide bonds. The van der Waals surface area contributed by atoms with E-state index >= 15 is 0 Å². The molecular weight excluding hydrogens is 214 g/mol. The summed E-state index contributed by atoms with van der Waals surface area (Å²) in [6.07, 6.45) is 4.93. The number of nitrogens with zero attached hydrogens (tertiary/aromatic N) is 2. The first-order valence-electron chi connectivity index (χ1n) is 6.85. The fourth-order valence-electron chi connectivity index (χ4n) is 2.92. The highest BCUT2D eigenvalue weighted by molar-refractivity contribution is 5.87. The van der Waals surface area contributed by atoms with Gasteiger partial charge in [-0.3, -0.25) is 4.79 Å². The molecule has 98 valence electrons. The summed E-state index contributed by atoms with van der Waals surface area (Å²) < 4.78 is 0. The van der Waals surface area contributed by atoms with Crippen molar-refractivity contribution in [2.75, 3.05) is 26.7 Å². The lowest BCUT2D eigenvalue weighted by Gasteiger charge is -2.42. The SMILES string of the molecule is CCC1CN(C)CCCN1C(=O)C1(N)CCC1. The van der Waals surface area contributed by atoms with Crippen LogP contribution in [0.1, 0.15) is 39.0 Å². The Kier molecular flexibility index (Phi) is 3.73. The smallest absolute Gasteiger partial charge is 0.242 e. The lowest BCUT2D eigenvalue weighted by molar-refractivity contribution is -0.142. The van der Waals surface area contributed by atoms with Crippen molar-refractivity contribution in [2.45, 2.75) is 50.6 Å². The molecule has 2 N–H and O–H groups in total. The van der Waals surface area contributed by atoms with Crippen LogP contribution in [-0.4, -0.2) is 54.0 Å². The number of carbonyl (C=O) groups excluding carboxylic acids is 1. The molecule has 17 heavy (non-hydrogen) atoms. The third kappa shape index (κ3) is 2.47. The standard InChI is InChI=1S/C13H25N3O/c1-3-11-10-15(2)8-5-9-16(11)12(17)13(14)6-4-7-13/h11H,3-10,14H2,1-2H3. The molecule has 1 atom stereocenters. The Morgan fingerprint density at radius 2 is 2.06 bits per heavy atom. The average Bonchev–Trinajstić information content (AvgIpc) is 2.46. The van der Waals surface area contributed by atoms with E-state index in [9.17, 15) is 4.79 Å². The van der Waals surface area contributed by atoms with Crippen LogP contribution in [0.4, 0.5) is 0 Å². The molecular formula is C13H25N3O. The number of amides is 1. The first kappa shape index (κ1) is 12.8. The summed E-state index contributed by atoms with van der Waals surface area (Å²) in [6.45, 7) is 5.10. The van der Waals surface area contributed by atoms with Crippen LogP contribution in [0.2, 0.25) is 0 Å². The number of rotatable bonds is 2. The van der Waals surface area contributed by atoms with Gasteiger partial charge in [-0.2, -0.15) is 0 Å². The summed E-state index contributed by atoms with van der Waals surface area (Å²) in [4.78, 5) is 16.9. The van der Waals surface area contributed by atoms with Gasteiger partial charge in [-0.05, 0) is 45.7 Å². The Hall–Kier alpha value is -0.610. The van der Waals surface area contributed by atoms with Crippen molar-refractivity contribution in [2.24, 2.45) is 5.73 Å². The average molecular weight is 239 g/mol. The highest BCUT2D eigenvalue weighted by Gasteiger charge is 2.44. The minimum absolute atomic E-state index is 0.200. The van der Waals surface area contributed by atoms with Gasteiger partial charge in [0, 0.05) is 19.1 Å². The topological polar surface area (TPSA) is 49.6 Å². The zero-order valence-corrected chi connectivity index (χ0v) is 11.1. The van der Waals surface area contributed by atoms with Crippen LogP contribution in [0.25, 0.3) is 0 Å². The van der Waals surface area contributed by atoms with Gasteiger partial charge in [0.25, 0.3) is 0 Å². The number of hydrogen-bond donors (Lipinski definition) is 1. The summed E-state index contributed by atoms with van der Waals surface area (Å²) in [5.74, 6) is 0.200. The molecule has 1 aliphatic carbocycles. The lowest BCUT2D eigenvalue weighted by atomic mass is 9.76. The molecule has 2 rings (SSSR count). The van der Waals surface area contributed by atoms with Crippen molar-refractivity contribution in [1.29, 1.82) is 0 Å². The van der Waals surface area contributed by atoms with Crippen molar-refractivity contribution < 1.29 is 4.79 Å². The zero-order valence-electron chi connectivity index (χ0n) is 11.1. The van der Waals surface area contributed by atoms with E-state index in [4.69, 9.17) is 5.73 Å². The van der Waals surface area contributed by atoms with E-state index in [-0.39, 0.29) is 5.91 Å². The van der Waals surface area contributed by atoms with Gasteiger partial charge in [-0.1, -0.05) is 6.92 Å². The largest absolute Gasteiger partial charge is 0.337 e. The van der Waals surface area contributed by atoms with Crippen LogP contribution in [0.15, 0.2) is 0 Å². The van der Waals surface area contributed by atoms with Crippen molar-refractivity contribution in [3.05, 3.63) is 0 Å². The Bertz CT molecular complexity index is 288.